The van der Waals surface area contributed by atoms with Crippen LogP contribution in [0.4, 0.5) is 0 Å². The lowest BCUT2D eigenvalue weighted by molar-refractivity contribution is -0.118. The highest BCUT2D eigenvalue weighted by molar-refractivity contribution is 8.00. The second kappa shape index (κ2) is 9.23. The number of carbonyl (C=O) groups excluding carboxylic acids is 1. The third-order valence-electron chi connectivity index (χ3n) is 3.15. The van der Waals surface area contributed by atoms with Crippen LogP contribution in [0, 0.1) is 5.92 Å². The van der Waals surface area contributed by atoms with Crippen molar-refractivity contribution in [2.75, 3.05) is 25.4 Å². The highest BCUT2D eigenvalue weighted by Crippen LogP contribution is 2.16. The Labute approximate surface area is 125 Å². The van der Waals surface area contributed by atoms with Gasteiger partial charge in [-0.1, -0.05) is 18.2 Å². The van der Waals surface area contributed by atoms with E-state index in [4.69, 9.17) is 0 Å². The van der Waals surface area contributed by atoms with E-state index in [1.165, 1.54) is 6.42 Å². The first-order chi connectivity index (χ1) is 8.84. The molecule has 1 heterocycles. The number of amides is 1. The van der Waals surface area contributed by atoms with Gasteiger partial charge in [-0.15, -0.1) is 24.2 Å². The van der Waals surface area contributed by atoms with E-state index in [0.717, 1.165) is 36.9 Å². The van der Waals surface area contributed by atoms with Gasteiger partial charge in [0.25, 0.3) is 0 Å². The Morgan fingerprint density at radius 2 is 2.16 bits per heavy atom. The quantitative estimate of drug-likeness (QED) is 0.792. The number of halogens is 1. The van der Waals surface area contributed by atoms with Crippen molar-refractivity contribution in [1.29, 1.82) is 0 Å². The number of rotatable bonds is 6. The van der Waals surface area contributed by atoms with Crippen LogP contribution in [0.1, 0.15) is 12.8 Å². The molecule has 1 aromatic rings. The van der Waals surface area contributed by atoms with Crippen molar-refractivity contribution >= 4 is 30.1 Å². The molecule has 0 radical (unpaired) electrons. The molecular weight excluding hydrogens is 280 g/mol. The van der Waals surface area contributed by atoms with E-state index >= 15 is 0 Å². The topological polar surface area (TPSA) is 41.1 Å². The van der Waals surface area contributed by atoms with E-state index in [2.05, 4.69) is 10.6 Å². The average Bonchev–Trinajstić information content (AvgIpc) is 2.91. The van der Waals surface area contributed by atoms with Crippen molar-refractivity contribution in [3.8, 4) is 0 Å². The Balaban J connectivity index is 0.00000180. The van der Waals surface area contributed by atoms with Crippen molar-refractivity contribution in [2.45, 2.75) is 17.7 Å². The van der Waals surface area contributed by atoms with Gasteiger partial charge in [-0.25, -0.2) is 0 Å². The minimum Gasteiger partial charge on any atom is -0.355 e. The third kappa shape index (κ3) is 6.32. The fourth-order valence-electron chi connectivity index (χ4n) is 2.09. The molecule has 0 aliphatic carbocycles. The molecule has 1 amide bonds. The first-order valence-corrected chi connectivity index (χ1v) is 7.48. The molecule has 1 aromatic carbocycles. The summed E-state index contributed by atoms with van der Waals surface area (Å²) >= 11 is 1.59. The summed E-state index contributed by atoms with van der Waals surface area (Å²) in [5.41, 5.74) is 0. The Morgan fingerprint density at radius 1 is 1.37 bits per heavy atom. The van der Waals surface area contributed by atoms with Crippen LogP contribution in [0.25, 0.3) is 0 Å². The Hall–Kier alpha value is -0.710. The highest BCUT2D eigenvalue weighted by atomic mass is 35.5. The highest BCUT2D eigenvalue weighted by Gasteiger charge is 2.13. The zero-order valence-corrected chi connectivity index (χ0v) is 12.6. The fraction of sp³-hybridized carbons (Fsp3) is 0.500. The van der Waals surface area contributed by atoms with Crippen LogP contribution in [0.3, 0.4) is 0 Å². The molecular formula is C14H21ClN2OS. The standard InChI is InChI=1S/C14H20N2OS.ClH/c17-14(11-18-13-4-2-1-3-5-13)16-9-7-12-6-8-15-10-12;/h1-5,12,15H,6-11H2,(H,16,17);1H. The van der Waals surface area contributed by atoms with Crippen LogP contribution < -0.4 is 10.6 Å². The lowest BCUT2D eigenvalue weighted by Crippen LogP contribution is -2.27. The van der Waals surface area contributed by atoms with Crippen LogP contribution in [-0.4, -0.2) is 31.3 Å². The molecule has 0 aromatic heterocycles. The summed E-state index contributed by atoms with van der Waals surface area (Å²) < 4.78 is 0. The summed E-state index contributed by atoms with van der Waals surface area (Å²) in [4.78, 5) is 12.8. The van der Waals surface area contributed by atoms with Gasteiger partial charge in [0.05, 0.1) is 5.75 Å². The summed E-state index contributed by atoms with van der Waals surface area (Å²) in [7, 11) is 0. The maximum Gasteiger partial charge on any atom is 0.230 e. The summed E-state index contributed by atoms with van der Waals surface area (Å²) in [6.45, 7) is 3.04. The minimum atomic E-state index is 0. The van der Waals surface area contributed by atoms with E-state index in [9.17, 15) is 4.79 Å². The SMILES string of the molecule is Cl.O=C(CSc1ccccc1)NCCC1CCNC1. The average molecular weight is 301 g/mol. The largest absolute Gasteiger partial charge is 0.355 e. The van der Waals surface area contributed by atoms with Crippen LogP contribution in [0.15, 0.2) is 35.2 Å². The van der Waals surface area contributed by atoms with Crippen LogP contribution in [0.2, 0.25) is 0 Å². The second-order valence-electron chi connectivity index (χ2n) is 4.60. The zero-order valence-electron chi connectivity index (χ0n) is 10.9. The Bertz CT molecular complexity index is 369. The lowest BCUT2D eigenvalue weighted by Gasteiger charge is -2.09. The van der Waals surface area contributed by atoms with E-state index in [0.29, 0.717) is 5.75 Å². The Morgan fingerprint density at radius 3 is 2.84 bits per heavy atom. The number of thioether (sulfide) groups is 1. The molecule has 19 heavy (non-hydrogen) atoms. The normalized spacial score (nSPS) is 17.8. The molecule has 1 aliphatic rings. The predicted molar refractivity (Wildman–Crippen MR) is 83.0 cm³/mol. The number of carbonyl (C=O) groups is 1. The van der Waals surface area contributed by atoms with Crippen molar-refractivity contribution < 1.29 is 4.79 Å². The van der Waals surface area contributed by atoms with Gasteiger partial charge < -0.3 is 10.6 Å². The predicted octanol–water partition coefficient (Wildman–Crippen LogP) is 2.32. The smallest absolute Gasteiger partial charge is 0.230 e. The lowest BCUT2D eigenvalue weighted by atomic mass is 10.1. The fourth-order valence-corrected chi connectivity index (χ4v) is 2.84. The van der Waals surface area contributed by atoms with E-state index < -0.39 is 0 Å². The van der Waals surface area contributed by atoms with Gasteiger partial charge in [0.15, 0.2) is 0 Å². The van der Waals surface area contributed by atoms with Gasteiger partial charge in [-0.3, -0.25) is 4.79 Å². The van der Waals surface area contributed by atoms with Gasteiger partial charge in [-0.05, 0) is 44.0 Å². The summed E-state index contributed by atoms with van der Waals surface area (Å²) in [6, 6.07) is 10.0. The number of benzene rings is 1. The maximum absolute atomic E-state index is 11.6. The molecule has 0 saturated carbocycles. The van der Waals surface area contributed by atoms with Crippen LogP contribution in [0.5, 0.6) is 0 Å². The summed E-state index contributed by atoms with van der Waals surface area (Å²) in [6.07, 6.45) is 2.34. The van der Waals surface area contributed by atoms with Crippen molar-refractivity contribution in [3.63, 3.8) is 0 Å². The molecule has 0 spiro atoms. The summed E-state index contributed by atoms with van der Waals surface area (Å²) in [5.74, 6) is 1.38. The number of nitrogens with one attached hydrogen (secondary N) is 2. The van der Waals surface area contributed by atoms with Crippen molar-refractivity contribution in [1.82, 2.24) is 10.6 Å². The minimum absolute atomic E-state index is 0. The molecule has 2 rings (SSSR count). The maximum atomic E-state index is 11.6. The van der Waals surface area contributed by atoms with Gasteiger partial charge in [-0.2, -0.15) is 0 Å². The van der Waals surface area contributed by atoms with E-state index in [1.54, 1.807) is 11.8 Å². The van der Waals surface area contributed by atoms with Gasteiger partial charge >= 0.3 is 0 Å². The molecule has 2 N–H and O–H groups in total. The molecule has 1 fully saturated rings. The molecule has 1 atom stereocenters. The van der Waals surface area contributed by atoms with Crippen LogP contribution in [-0.2, 0) is 4.79 Å². The molecule has 1 unspecified atom stereocenters. The van der Waals surface area contributed by atoms with E-state index in [1.807, 2.05) is 30.3 Å². The van der Waals surface area contributed by atoms with Gasteiger partial charge in [0, 0.05) is 11.4 Å². The first-order valence-electron chi connectivity index (χ1n) is 6.50. The number of hydrogen-bond donors (Lipinski definition) is 2. The Kier molecular flexibility index (Phi) is 7.94. The first kappa shape index (κ1) is 16.3. The molecule has 1 aliphatic heterocycles. The molecule has 3 nitrogen and oxygen atoms in total. The van der Waals surface area contributed by atoms with Crippen LogP contribution >= 0.6 is 24.2 Å². The van der Waals surface area contributed by atoms with Gasteiger partial charge in [0.2, 0.25) is 5.91 Å². The van der Waals surface area contributed by atoms with Gasteiger partial charge in [0.1, 0.15) is 0 Å². The number of hydrogen-bond acceptors (Lipinski definition) is 3. The monoisotopic (exact) mass is 300 g/mol. The third-order valence-corrected chi connectivity index (χ3v) is 4.16. The van der Waals surface area contributed by atoms with Crippen molar-refractivity contribution in [3.05, 3.63) is 30.3 Å². The zero-order chi connectivity index (χ0) is 12.6. The van der Waals surface area contributed by atoms with E-state index in [-0.39, 0.29) is 18.3 Å². The molecule has 106 valence electrons. The molecule has 0 bridgehead atoms. The second-order valence-corrected chi connectivity index (χ2v) is 5.65. The van der Waals surface area contributed by atoms with Crippen molar-refractivity contribution in [2.24, 2.45) is 5.92 Å². The molecule has 5 heteroatoms. The summed E-state index contributed by atoms with van der Waals surface area (Å²) in [5, 5.41) is 6.33. The molecule has 1 saturated heterocycles.